The highest BCUT2D eigenvalue weighted by atomic mass is 32.3. The van der Waals surface area contributed by atoms with Crippen LogP contribution in [0.3, 0.4) is 0 Å². The van der Waals surface area contributed by atoms with E-state index in [1.54, 1.807) is 0 Å². The lowest BCUT2D eigenvalue weighted by atomic mass is 10.1. The first-order valence-corrected chi connectivity index (χ1v) is 18.0. The van der Waals surface area contributed by atoms with E-state index < -0.39 is 106 Å². The SMILES string of the molecule is O=C(N1CCCCC1)C(F)(F)S(=O)(=O)C(O)(S(=O)(=O)C(F)(F)C(=O)N1CCCCC1)S(=O)(=O)C(F)(F)C(=O)N1CCCCC1. The van der Waals surface area contributed by atoms with Gasteiger partial charge in [-0.05, 0) is 57.8 Å². The van der Waals surface area contributed by atoms with Gasteiger partial charge in [0.1, 0.15) is 0 Å². The highest BCUT2D eigenvalue weighted by Crippen LogP contribution is 2.50. The van der Waals surface area contributed by atoms with Gasteiger partial charge < -0.3 is 19.8 Å². The summed E-state index contributed by atoms with van der Waals surface area (Å²) in [4.78, 5) is 38.0. The molecule has 44 heavy (non-hydrogen) atoms. The number of piperidine rings is 3. The zero-order valence-electron chi connectivity index (χ0n) is 23.1. The number of amides is 3. The van der Waals surface area contributed by atoms with Crippen molar-refractivity contribution in [1.29, 1.82) is 0 Å². The van der Waals surface area contributed by atoms with Crippen LogP contribution in [0.5, 0.6) is 0 Å². The predicted octanol–water partition coefficient (Wildman–Crippen LogP) is 0.650. The van der Waals surface area contributed by atoms with Crippen molar-refractivity contribution in [3.8, 4) is 0 Å². The van der Waals surface area contributed by atoms with Crippen molar-refractivity contribution >= 4 is 47.2 Å². The molecule has 254 valence electrons. The third-order valence-electron chi connectivity index (χ3n) is 7.71. The number of halogens is 6. The Hall–Kier alpha value is -2.20. The summed E-state index contributed by atoms with van der Waals surface area (Å²) in [5.41, 5.74) is 0. The number of sulfone groups is 3. The van der Waals surface area contributed by atoms with Gasteiger partial charge in [0, 0.05) is 39.3 Å². The number of alkyl halides is 6. The van der Waals surface area contributed by atoms with Crippen molar-refractivity contribution in [3.63, 3.8) is 0 Å². The molecule has 0 aliphatic carbocycles. The maximum Gasteiger partial charge on any atom is 0.426 e. The van der Waals surface area contributed by atoms with Gasteiger partial charge in [-0.1, -0.05) is 0 Å². The quantitative estimate of drug-likeness (QED) is 0.334. The number of hydrogen-bond donors (Lipinski definition) is 1. The number of nitrogens with zero attached hydrogens (tertiary/aromatic N) is 3. The van der Waals surface area contributed by atoms with Gasteiger partial charge in [-0.25, -0.2) is 25.3 Å². The molecule has 3 amide bonds. The third kappa shape index (κ3) is 5.35. The fourth-order valence-electron chi connectivity index (χ4n) is 5.11. The average molecular weight is 708 g/mol. The van der Waals surface area contributed by atoms with Gasteiger partial charge in [0.15, 0.2) is 0 Å². The molecule has 0 atom stereocenters. The van der Waals surface area contributed by atoms with Crippen molar-refractivity contribution in [3.05, 3.63) is 0 Å². The summed E-state index contributed by atoms with van der Waals surface area (Å²) in [5, 5.41) is -8.52. The van der Waals surface area contributed by atoms with Crippen LogP contribution >= 0.6 is 0 Å². The van der Waals surface area contributed by atoms with E-state index in [1.807, 2.05) is 0 Å². The Bertz CT molecular complexity index is 1300. The molecule has 3 aliphatic heterocycles. The third-order valence-corrected chi connectivity index (χ3v) is 16.2. The molecule has 13 nitrogen and oxygen atoms in total. The van der Waals surface area contributed by atoms with E-state index in [0.29, 0.717) is 19.3 Å². The minimum Gasteiger partial charge on any atom is -0.350 e. The molecule has 3 saturated heterocycles. The number of aliphatic hydroxyl groups is 1. The predicted molar refractivity (Wildman–Crippen MR) is 138 cm³/mol. The summed E-state index contributed by atoms with van der Waals surface area (Å²) < 4.78 is 165. The number of carbonyl (C=O) groups excluding carboxylic acids is 3. The van der Waals surface area contributed by atoms with Gasteiger partial charge in [0.2, 0.25) is 0 Å². The molecule has 1 N–H and O–H groups in total. The smallest absolute Gasteiger partial charge is 0.350 e. The summed E-state index contributed by atoms with van der Waals surface area (Å²) in [7, 11) is -24.9. The van der Waals surface area contributed by atoms with E-state index in [-0.39, 0.29) is 53.2 Å². The van der Waals surface area contributed by atoms with Gasteiger partial charge in [-0.15, -0.1) is 0 Å². The molecular weight excluding hydrogens is 676 g/mol. The molecule has 0 aromatic carbocycles. The zero-order chi connectivity index (χ0) is 33.6. The number of rotatable bonds is 9. The molecule has 3 rings (SSSR count). The van der Waals surface area contributed by atoms with E-state index in [0.717, 1.165) is 0 Å². The molecule has 0 bridgehead atoms. The van der Waals surface area contributed by atoms with E-state index >= 15 is 26.3 Å². The highest BCUT2D eigenvalue weighted by molar-refractivity contribution is 8.26. The second-order valence-corrected chi connectivity index (χ2v) is 17.7. The molecule has 0 radical (unpaired) electrons. The Kier molecular flexibility index (Phi) is 10.1. The van der Waals surface area contributed by atoms with Crippen molar-refractivity contribution in [1.82, 2.24) is 14.7 Å². The minimum atomic E-state index is -8.31. The second kappa shape index (κ2) is 12.2. The standard InChI is InChI=1S/C22H31F6N3O10S3/c23-19(24,16(32)29-10-4-1-5-11-29)42(36,37)22(35,43(38,39)20(25,26)17(33)30-12-6-2-7-13-30)44(40,41)21(27,28)18(34)31-14-8-3-9-15-31/h35H,1-15H2. The fraction of sp³-hybridized carbons (Fsp3) is 0.864. The maximum atomic E-state index is 15.5. The van der Waals surface area contributed by atoms with E-state index in [2.05, 4.69) is 0 Å². The van der Waals surface area contributed by atoms with E-state index in [4.69, 9.17) is 0 Å². The first kappa shape index (κ1) is 36.3. The summed E-state index contributed by atoms with van der Waals surface area (Å²) in [6.07, 6.45) is 0.892. The zero-order valence-corrected chi connectivity index (χ0v) is 25.5. The van der Waals surface area contributed by atoms with Crippen molar-refractivity contribution in [2.75, 3.05) is 39.3 Å². The van der Waals surface area contributed by atoms with Crippen LogP contribution < -0.4 is 0 Å². The summed E-state index contributed by atoms with van der Waals surface area (Å²) in [5.74, 6) is -8.72. The molecule has 0 spiro atoms. The van der Waals surface area contributed by atoms with Crippen LogP contribution in [0.4, 0.5) is 26.3 Å². The van der Waals surface area contributed by atoms with Gasteiger partial charge in [-0.2, -0.15) is 26.3 Å². The fourth-order valence-corrected chi connectivity index (χ4v) is 12.5. The van der Waals surface area contributed by atoms with Crippen LogP contribution in [-0.4, -0.2) is 121 Å². The lowest BCUT2D eigenvalue weighted by Gasteiger charge is -2.38. The normalized spacial score (nSPS) is 20.4. The van der Waals surface area contributed by atoms with Gasteiger partial charge in [-0.3, -0.25) is 14.4 Å². The molecule has 0 saturated carbocycles. The molecule has 0 aromatic rings. The number of carbonyl (C=O) groups is 3. The van der Waals surface area contributed by atoms with Crippen LogP contribution in [0.25, 0.3) is 0 Å². The largest absolute Gasteiger partial charge is 0.426 e. The van der Waals surface area contributed by atoms with Gasteiger partial charge >= 0.3 is 37.1 Å². The Labute approximate surface area is 249 Å². The Balaban J connectivity index is 2.31. The van der Waals surface area contributed by atoms with Crippen molar-refractivity contribution in [2.24, 2.45) is 0 Å². The van der Waals surface area contributed by atoms with E-state index in [9.17, 15) is 44.7 Å². The van der Waals surface area contributed by atoms with Crippen molar-refractivity contribution < 1.29 is 71.1 Å². The van der Waals surface area contributed by atoms with Gasteiger partial charge in [0.25, 0.3) is 29.5 Å². The Morgan fingerprint density at radius 3 is 0.795 bits per heavy atom. The first-order chi connectivity index (χ1) is 20.0. The molecular formula is C22H31F6N3O10S3. The number of likely N-dealkylation sites (tertiary alicyclic amines) is 3. The van der Waals surface area contributed by atoms with Crippen LogP contribution in [0.15, 0.2) is 0 Å². The van der Waals surface area contributed by atoms with E-state index in [1.165, 1.54) is 0 Å². The minimum absolute atomic E-state index is 0.0203. The van der Waals surface area contributed by atoms with Crippen LogP contribution in [0.1, 0.15) is 57.8 Å². The molecule has 3 heterocycles. The molecule has 0 aromatic heterocycles. The first-order valence-electron chi connectivity index (χ1n) is 13.5. The highest BCUT2D eigenvalue weighted by Gasteiger charge is 2.85. The molecule has 3 aliphatic rings. The molecule has 22 heteroatoms. The molecule has 3 fully saturated rings. The van der Waals surface area contributed by atoms with Crippen LogP contribution in [-0.2, 0) is 43.9 Å². The topological polar surface area (TPSA) is 184 Å². The number of hydrogen-bond acceptors (Lipinski definition) is 10. The van der Waals surface area contributed by atoms with Crippen molar-refractivity contribution in [2.45, 2.75) is 77.1 Å². The van der Waals surface area contributed by atoms with Gasteiger partial charge in [0.05, 0.1) is 0 Å². The summed E-state index contributed by atoms with van der Waals surface area (Å²) >= 11 is 0. The van der Waals surface area contributed by atoms with Crippen LogP contribution in [0, 0.1) is 0 Å². The lowest BCUT2D eigenvalue weighted by molar-refractivity contribution is -0.148. The summed E-state index contributed by atoms with van der Waals surface area (Å²) in [6, 6.07) is 0. The average Bonchev–Trinajstić information content (AvgIpc) is 2.99. The monoisotopic (exact) mass is 707 g/mol. The maximum absolute atomic E-state index is 15.5. The Morgan fingerprint density at radius 1 is 0.432 bits per heavy atom. The second-order valence-electron chi connectivity index (χ2n) is 10.6. The summed E-state index contributed by atoms with van der Waals surface area (Å²) in [6.45, 7) is -3.70. The molecule has 0 unspecified atom stereocenters. The van der Waals surface area contributed by atoms with Crippen LogP contribution in [0.2, 0.25) is 0 Å². The lowest BCUT2D eigenvalue weighted by Crippen LogP contribution is -2.70. The Morgan fingerprint density at radius 2 is 0.614 bits per heavy atom.